The fraction of sp³-hybridized carbons (Fsp3) is 0.464. The maximum absolute atomic E-state index is 13.5. The molecule has 2 heterocycles. The van der Waals surface area contributed by atoms with Crippen LogP contribution in [0.4, 0.5) is 0 Å². The third kappa shape index (κ3) is 5.46. The van der Waals surface area contributed by atoms with Gasteiger partial charge in [0.2, 0.25) is 13.1 Å². The van der Waals surface area contributed by atoms with Crippen molar-refractivity contribution in [1.82, 2.24) is 4.90 Å². The van der Waals surface area contributed by atoms with Crippen molar-refractivity contribution in [2.45, 2.75) is 70.0 Å². The van der Waals surface area contributed by atoms with E-state index in [9.17, 15) is 9.90 Å². The molecule has 2 atom stereocenters. The molecule has 1 N–H and O–H groups in total. The van der Waals surface area contributed by atoms with Crippen LogP contribution >= 0.6 is 0 Å². The van der Waals surface area contributed by atoms with E-state index in [0.717, 1.165) is 53.9 Å². The van der Waals surface area contributed by atoms with Crippen molar-refractivity contribution in [3.63, 3.8) is 0 Å². The number of nitrogens with zero attached hydrogens (tertiary/aromatic N) is 1. The molecule has 2 aromatic rings. The van der Waals surface area contributed by atoms with Crippen LogP contribution < -0.4 is 9.47 Å². The van der Waals surface area contributed by atoms with Crippen molar-refractivity contribution in [1.29, 1.82) is 0 Å². The van der Waals surface area contributed by atoms with Crippen LogP contribution in [0.3, 0.4) is 0 Å². The summed E-state index contributed by atoms with van der Waals surface area (Å²) in [7, 11) is 1.88. The highest BCUT2D eigenvalue weighted by Crippen LogP contribution is 2.39. The third-order valence-corrected chi connectivity index (χ3v) is 7.18. The van der Waals surface area contributed by atoms with Crippen LogP contribution in [-0.2, 0) is 27.5 Å². The molecule has 7 nitrogen and oxygen atoms in total. The van der Waals surface area contributed by atoms with Gasteiger partial charge in [-0.05, 0) is 47.7 Å². The van der Waals surface area contributed by atoms with Crippen LogP contribution in [0.1, 0.15) is 61.1 Å². The van der Waals surface area contributed by atoms with E-state index in [1.54, 1.807) is 0 Å². The lowest BCUT2D eigenvalue weighted by Gasteiger charge is -2.34. The molecule has 1 aliphatic carbocycles. The number of rotatable bonds is 7. The number of aliphatic hydroxyl groups excluding tert-OH is 1. The van der Waals surface area contributed by atoms with E-state index < -0.39 is 6.29 Å². The van der Waals surface area contributed by atoms with E-state index in [-0.39, 0.29) is 31.3 Å². The van der Waals surface area contributed by atoms with Crippen LogP contribution in [0.5, 0.6) is 11.5 Å². The Bertz CT molecular complexity index is 1060. The molecule has 5 rings (SSSR count). The molecule has 0 saturated heterocycles. The number of hydrogen-bond donors (Lipinski definition) is 1. The normalized spacial score (nSPS) is 21.8. The van der Waals surface area contributed by atoms with Gasteiger partial charge in [0.05, 0.1) is 13.2 Å². The average molecular weight is 480 g/mol. The molecule has 186 valence electrons. The zero-order chi connectivity index (χ0) is 24.2. The topological polar surface area (TPSA) is 77.5 Å². The number of benzene rings is 2. The summed E-state index contributed by atoms with van der Waals surface area (Å²) in [6.45, 7) is 0.582. The molecule has 0 aromatic heterocycles. The highest BCUT2D eigenvalue weighted by Gasteiger charge is 2.33. The molecular formula is C28H33NO6. The second kappa shape index (κ2) is 10.7. The van der Waals surface area contributed by atoms with Crippen LogP contribution in [0.25, 0.3) is 0 Å². The predicted octanol–water partition coefficient (Wildman–Crippen LogP) is 4.63. The summed E-state index contributed by atoms with van der Waals surface area (Å²) >= 11 is 0. The molecule has 0 radical (unpaired) electrons. The molecule has 7 heteroatoms. The highest BCUT2D eigenvalue weighted by atomic mass is 16.7. The monoisotopic (exact) mass is 479 g/mol. The first-order valence-corrected chi connectivity index (χ1v) is 12.5. The molecule has 3 aliphatic rings. The Hall–Kier alpha value is -3.03. The maximum Gasteiger partial charge on any atom is 0.288 e. The highest BCUT2D eigenvalue weighted by molar-refractivity contribution is 5.91. The largest absolute Gasteiger partial charge is 0.459 e. The maximum atomic E-state index is 13.5. The number of hydrogen-bond acceptors (Lipinski definition) is 6. The molecule has 0 spiro atoms. The zero-order valence-corrected chi connectivity index (χ0v) is 20.2. The van der Waals surface area contributed by atoms with E-state index in [2.05, 4.69) is 0 Å². The van der Waals surface area contributed by atoms with E-state index in [1.165, 1.54) is 6.42 Å². The minimum Gasteiger partial charge on any atom is -0.459 e. The molecular weight excluding hydrogens is 446 g/mol. The van der Waals surface area contributed by atoms with Crippen molar-refractivity contribution in [2.24, 2.45) is 0 Å². The van der Waals surface area contributed by atoms with Gasteiger partial charge in [-0.25, -0.2) is 0 Å². The lowest BCUT2D eigenvalue weighted by molar-refractivity contribution is -0.156. The number of ether oxygens (including phenoxy) is 4. The Morgan fingerprint density at radius 2 is 1.77 bits per heavy atom. The minimum atomic E-state index is -0.563. The number of allylic oxidation sites excluding steroid dienone is 1. The Morgan fingerprint density at radius 1 is 1.03 bits per heavy atom. The summed E-state index contributed by atoms with van der Waals surface area (Å²) in [5, 5.41) is 9.27. The summed E-state index contributed by atoms with van der Waals surface area (Å²) < 4.78 is 23.3. The van der Waals surface area contributed by atoms with Crippen LogP contribution in [0.2, 0.25) is 0 Å². The van der Waals surface area contributed by atoms with Gasteiger partial charge in [0.15, 0.2) is 17.3 Å². The second-order valence-corrected chi connectivity index (χ2v) is 9.53. The number of likely N-dealkylation sites (N-methyl/N-ethyl adjacent to an activating group) is 1. The summed E-state index contributed by atoms with van der Waals surface area (Å²) in [6.07, 6.45) is 7.56. The van der Waals surface area contributed by atoms with Gasteiger partial charge in [-0.15, -0.1) is 0 Å². The molecule has 1 saturated carbocycles. The molecule has 0 unspecified atom stereocenters. The zero-order valence-electron chi connectivity index (χ0n) is 20.2. The molecule has 35 heavy (non-hydrogen) atoms. The fourth-order valence-corrected chi connectivity index (χ4v) is 5.02. The Labute approximate surface area is 206 Å². The Morgan fingerprint density at radius 3 is 2.54 bits per heavy atom. The first kappa shape index (κ1) is 23.7. The third-order valence-electron chi connectivity index (χ3n) is 7.18. The molecule has 2 aromatic carbocycles. The minimum absolute atomic E-state index is 0.00879. The quantitative estimate of drug-likeness (QED) is 0.624. The molecule has 0 bridgehead atoms. The van der Waals surface area contributed by atoms with Crippen molar-refractivity contribution in [3.8, 4) is 11.5 Å². The van der Waals surface area contributed by atoms with Gasteiger partial charge in [0, 0.05) is 25.4 Å². The molecule has 1 fully saturated rings. The van der Waals surface area contributed by atoms with Gasteiger partial charge in [-0.2, -0.15) is 0 Å². The fourth-order valence-electron chi connectivity index (χ4n) is 5.02. The number of amides is 1. The van der Waals surface area contributed by atoms with E-state index in [1.807, 2.05) is 60.5 Å². The number of fused-ring (bicyclic) bond motifs is 1. The number of carbonyl (C=O) groups is 1. The Kier molecular flexibility index (Phi) is 7.25. The van der Waals surface area contributed by atoms with Gasteiger partial charge in [0.25, 0.3) is 5.91 Å². The average Bonchev–Trinajstić information content (AvgIpc) is 3.40. The standard InChI is InChI=1S/C28H33NO6/c1-29(23-5-3-2-4-6-23)28(31)26-14-22(21-11-12-24-25(13-21)34-18-33-24)15-27(35-26)32-17-20-9-7-19(16-30)8-10-20/h7-14,22-23,27,30H,2-6,15-18H2,1H3/t22-,27+/m1/s1. The predicted molar refractivity (Wildman–Crippen MR) is 130 cm³/mol. The summed E-state index contributed by atoms with van der Waals surface area (Å²) in [6, 6.07) is 13.8. The molecule has 1 amide bonds. The lowest BCUT2D eigenvalue weighted by atomic mass is 9.91. The Balaban J connectivity index is 1.34. The summed E-state index contributed by atoms with van der Waals surface area (Å²) in [5.74, 6) is 1.64. The molecule has 2 aliphatic heterocycles. The van der Waals surface area contributed by atoms with Crippen molar-refractivity contribution >= 4 is 5.91 Å². The first-order valence-electron chi connectivity index (χ1n) is 12.5. The summed E-state index contributed by atoms with van der Waals surface area (Å²) in [4.78, 5) is 15.3. The number of aliphatic hydroxyl groups is 1. The smallest absolute Gasteiger partial charge is 0.288 e. The van der Waals surface area contributed by atoms with Gasteiger partial charge >= 0.3 is 0 Å². The van der Waals surface area contributed by atoms with E-state index in [4.69, 9.17) is 18.9 Å². The van der Waals surface area contributed by atoms with Crippen LogP contribution in [0.15, 0.2) is 54.3 Å². The van der Waals surface area contributed by atoms with E-state index >= 15 is 0 Å². The van der Waals surface area contributed by atoms with Crippen molar-refractivity contribution in [2.75, 3.05) is 13.8 Å². The van der Waals surface area contributed by atoms with E-state index in [0.29, 0.717) is 18.8 Å². The van der Waals surface area contributed by atoms with Gasteiger partial charge in [-0.3, -0.25) is 4.79 Å². The van der Waals surface area contributed by atoms with Gasteiger partial charge in [-0.1, -0.05) is 49.6 Å². The van der Waals surface area contributed by atoms with Gasteiger partial charge in [0.1, 0.15) is 0 Å². The van der Waals surface area contributed by atoms with Crippen molar-refractivity contribution in [3.05, 3.63) is 71.0 Å². The first-order chi connectivity index (χ1) is 17.1. The van der Waals surface area contributed by atoms with Crippen LogP contribution in [0, 0.1) is 0 Å². The summed E-state index contributed by atoms with van der Waals surface area (Å²) in [5.41, 5.74) is 2.86. The number of carbonyl (C=O) groups excluding carboxylic acids is 1. The van der Waals surface area contributed by atoms with Crippen LogP contribution in [-0.4, -0.2) is 42.1 Å². The van der Waals surface area contributed by atoms with Crippen molar-refractivity contribution < 1.29 is 28.8 Å². The lowest BCUT2D eigenvalue weighted by Crippen LogP contribution is -2.41. The van der Waals surface area contributed by atoms with Gasteiger partial charge < -0.3 is 29.0 Å². The SMILES string of the molecule is CN(C(=O)C1=C[C@@H](c2ccc3c(c2)OCO3)C[C@@H](OCc2ccc(CO)cc2)O1)C1CCCCC1. The second-order valence-electron chi connectivity index (χ2n) is 9.53.